The van der Waals surface area contributed by atoms with Gasteiger partial charge in [-0.2, -0.15) is 0 Å². The molecule has 228 valence electrons. The maximum absolute atomic E-state index is 13.9. The molecule has 2 fully saturated rings. The van der Waals surface area contributed by atoms with Crippen molar-refractivity contribution in [3.63, 3.8) is 0 Å². The number of nitrogens with one attached hydrogen (secondary N) is 1. The first-order chi connectivity index (χ1) is 20.9. The van der Waals surface area contributed by atoms with Gasteiger partial charge in [-0.25, -0.2) is 14.4 Å². The minimum atomic E-state index is -0.402. The lowest BCUT2D eigenvalue weighted by Gasteiger charge is -2.30. The molecule has 1 unspecified atom stereocenters. The molecule has 1 saturated heterocycles. The minimum Gasteiger partial charge on any atom is -0.393 e. The Labute approximate surface area is 260 Å². The van der Waals surface area contributed by atoms with Crippen molar-refractivity contribution in [3.05, 3.63) is 88.0 Å². The number of fused-ring (bicyclic) bond motifs is 1. The molecule has 0 spiro atoms. The summed E-state index contributed by atoms with van der Waals surface area (Å²) in [6.07, 6.45) is 16.3. The van der Waals surface area contributed by atoms with Gasteiger partial charge in [0.25, 0.3) is 0 Å². The van der Waals surface area contributed by atoms with E-state index < -0.39 is 5.82 Å². The molecule has 0 amide bonds. The molecule has 3 aromatic rings. The molecule has 7 heteroatoms. The fraction of sp³-hybridized carbons (Fsp3) is 0.500. The van der Waals surface area contributed by atoms with Crippen molar-refractivity contribution in [2.24, 2.45) is 17.8 Å². The maximum Gasteiger partial charge on any atom is 0.227 e. The van der Waals surface area contributed by atoms with Crippen LogP contribution >= 0.6 is 11.6 Å². The third-order valence-electron chi connectivity index (χ3n) is 9.90. The standard InChI is InChI=1S/C36H44ClFN4O/c1-42-17-15-25(16-18-42)4-2-3-24-5-7-27(8-6-24)33-19-28(26-9-12-32(43)13-10-26)11-14-35-34(33)23-39-36(41-35)40-31-21-29(37)20-30(38)22-31/h5-8,19-23,25-26,28,32,43H,2-4,9-18H2,1H3,(H,39,40,41). The third kappa shape index (κ3) is 7.84. The van der Waals surface area contributed by atoms with E-state index >= 15 is 0 Å². The summed E-state index contributed by atoms with van der Waals surface area (Å²) in [5.74, 6) is 1.90. The van der Waals surface area contributed by atoms with Gasteiger partial charge in [-0.15, -0.1) is 0 Å². The zero-order valence-electron chi connectivity index (χ0n) is 25.2. The van der Waals surface area contributed by atoms with Gasteiger partial charge < -0.3 is 15.3 Å². The quantitative estimate of drug-likeness (QED) is 0.272. The highest BCUT2D eigenvalue weighted by Gasteiger charge is 2.29. The van der Waals surface area contributed by atoms with Gasteiger partial charge in [0.1, 0.15) is 5.82 Å². The zero-order valence-corrected chi connectivity index (χ0v) is 26.0. The molecule has 2 heterocycles. The van der Waals surface area contributed by atoms with Crippen LogP contribution in [0.4, 0.5) is 16.0 Å². The number of piperidine rings is 1. The molecule has 1 saturated carbocycles. The monoisotopic (exact) mass is 602 g/mol. The number of likely N-dealkylation sites (tertiary alicyclic amines) is 1. The highest BCUT2D eigenvalue weighted by atomic mass is 35.5. The van der Waals surface area contributed by atoms with Gasteiger partial charge in [-0.3, -0.25) is 0 Å². The number of nitrogens with zero attached hydrogens (tertiary/aromatic N) is 3. The van der Waals surface area contributed by atoms with E-state index in [1.165, 1.54) is 67.6 Å². The van der Waals surface area contributed by atoms with Crippen LogP contribution in [0.25, 0.3) is 5.57 Å². The first-order valence-electron chi connectivity index (χ1n) is 16.2. The molecule has 0 radical (unpaired) electrons. The summed E-state index contributed by atoms with van der Waals surface area (Å²) >= 11 is 6.07. The first-order valence-corrected chi connectivity index (χ1v) is 16.5. The van der Waals surface area contributed by atoms with Crippen molar-refractivity contribution in [3.8, 4) is 0 Å². The number of rotatable bonds is 8. The molecule has 3 aliphatic rings. The lowest BCUT2D eigenvalue weighted by atomic mass is 9.76. The van der Waals surface area contributed by atoms with Crippen LogP contribution in [0.5, 0.6) is 0 Å². The molecular weight excluding hydrogens is 559 g/mol. The average Bonchev–Trinajstić information content (AvgIpc) is 3.18. The number of aryl methyl sites for hydroxylation is 2. The number of allylic oxidation sites excluding steroid dienone is 1. The van der Waals surface area contributed by atoms with Gasteiger partial charge in [-0.1, -0.05) is 48.4 Å². The summed E-state index contributed by atoms with van der Waals surface area (Å²) in [6, 6.07) is 13.5. The number of aliphatic hydroxyl groups excluding tert-OH is 1. The van der Waals surface area contributed by atoms with Crippen molar-refractivity contribution < 1.29 is 9.50 Å². The predicted molar refractivity (Wildman–Crippen MR) is 173 cm³/mol. The van der Waals surface area contributed by atoms with Crippen LogP contribution < -0.4 is 5.32 Å². The third-order valence-corrected chi connectivity index (χ3v) is 10.1. The largest absolute Gasteiger partial charge is 0.393 e. The molecule has 6 rings (SSSR count). The van der Waals surface area contributed by atoms with Crippen LogP contribution in [0, 0.1) is 23.6 Å². The normalized spacial score (nSPS) is 23.3. The summed E-state index contributed by atoms with van der Waals surface area (Å²) in [6.45, 7) is 2.47. The van der Waals surface area contributed by atoms with Crippen molar-refractivity contribution in [1.82, 2.24) is 14.9 Å². The van der Waals surface area contributed by atoms with Gasteiger partial charge in [0.05, 0.1) is 11.8 Å². The summed E-state index contributed by atoms with van der Waals surface area (Å²) in [5.41, 5.74) is 6.39. The van der Waals surface area contributed by atoms with Crippen LogP contribution in [0.3, 0.4) is 0 Å². The van der Waals surface area contributed by atoms with E-state index in [1.54, 1.807) is 6.07 Å². The van der Waals surface area contributed by atoms with E-state index in [9.17, 15) is 9.50 Å². The Morgan fingerprint density at radius 2 is 1.77 bits per heavy atom. The van der Waals surface area contributed by atoms with Gasteiger partial charge in [0, 0.05) is 22.5 Å². The highest BCUT2D eigenvalue weighted by Crippen LogP contribution is 2.40. The fourth-order valence-corrected chi connectivity index (χ4v) is 7.51. The Morgan fingerprint density at radius 3 is 2.51 bits per heavy atom. The maximum atomic E-state index is 13.9. The van der Waals surface area contributed by atoms with Gasteiger partial charge in [0.2, 0.25) is 5.95 Å². The van der Waals surface area contributed by atoms with Gasteiger partial charge >= 0.3 is 0 Å². The number of anilines is 2. The van der Waals surface area contributed by atoms with Crippen LogP contribution in [0.1, 0.15) is 80.2 Å². The topological polar surface area (TPSA) is 61.3 Å². The number of aliphatic hydroxyl groups is 1. The van der Waals surface area contributed by atoms with Crippen molar-refractivity contribution in [2.45, 2.75) is 76.7 Å². The van der Waals surface area contributed by atoms with Gasteiger partial charge in [0.15, 0.2) is 0 Å². The SMILES string of the molecule is CN1CCC(CCCc2ccc(C3=CC(C4CCC(O)CC4)CCc4nc(Nc5cc(F)cc(Cl)c5)ncc43)cc2)CC1. The van der Waals surface area contributed by atoms with Crippen molar-refractivity contribution in [1.29, 1.82) is 0 Å². The molecular formula is C36H44ClFN4O. The molecule has 1 aliphatic heterocycles. The number of hydrogen-bond acceptors (Lipinski definition) is 5. The number of aromatic nitrogens is 2. The van der Waals surface area contributed by atoms with E-state index in [2.05, 4.69) is 52.6 Å². The van der Waals surface area contributed by atoms with E-state index in [4.69, 9.17) is 16.6 Å². The Bertz CT molecular complexity index is 1390. The van der Waals surface area contributed by atoms with Crippen LogP contribution in [0.2, 0.25) is 5.02 Å². The summed E-state index contributed by atoms with van der Waals surface area (Å²) in [7, 11) is 2.23. The Kier molecular flexibility index (Phi) is 9.76. The second kappa shape index (κ2) is 13.9. The average molecular weight is 603 g/mol. The zero-order chi connectivity index (χ0) is 29.8. The molecule has 43 heavy (non-hydrogen) atoms. The van der Waals surface area contributed by atoms with Crippen LogP contribution in [-0.4, -0.2) is 46.2 Å². The molecule has 0 bridgehead atoms. The molecule has 5 nitrogen and oxygen atoms in total. The second-order valence-corrected chi connectivity index (χ2v) is 13.5. The number of halogens is 2. The minimum absolute atomic E-state index is 0.162. The number of hydrogen-bond donors (Lipinski definition) is 2. The molecule has 2 aromatic carbocycles. The van der Waals surface area contributed by atoms with Gasteiger partial charge in [-0.05, 0) is 137 Å². The van der Waals surface area contributed by atoms with E-state index in [-0.39, 0.29) is 6.10 Å². The smallest absolute Gasteiger partial charge is 0.227 e. The Morgan fingerprint density at radius 1 is 1.00 bits per heavy atom. The molecule has 2 N–H and O–H groups in total. The van der Waals surface area contributed by atoms with E-state index in [0.717, 1.165) is 62.1 Å². The summed E-state index contributed by atoms with van der Waals surface area (Å²) < 4.78 is 13.9. The molecule has 2 aliphatic carbocycles. The lowest BCUT2D eigenvalue weighted by molar-refractivity contribution is 0.0965. The highest BCUT2D eigenvalue weighted by molar-refractivity contribution is 6.30. The van der Waals surface area contributed by atoms with Crippen molar-refractivity contribution in [2.75, 3.05) is 25.5 Å². The second-order valence-electron chi connectivity index (χ2n) is 13.0. The van der Waals surface area contributed by atoms with Crippen molar-refractivity contribution >= 4 is 28.8 Å². The first kappa shape index (κ1) is 30.2. The lowest BCUT2D eigenvalue weighted by Crippen LogP contribution is -2.30. The molecule has 1 atom stereocenters. The predicted octanol–water partition coefficient (Wildman–Crippen LogP) is 8.22. The number of benzene rings is 2. The Balaban J connectivity index is 1.21. The van der Waals surface area contributed by atoms with Crippen LogP contribution in [0.15, 0.2) is 54.7 Å². The fourth-order valence-electron chi connectivity index (χ4n) is 7.29. The summed E-state index contributed by atoms with van der Waals surface area (Å²) in [5, 5.41) is 13.6. The Hall–Kier alpha value is -2.80. The van der Waals surface area contributed by atoms with Crippen LogP contribution in [-0.2, 0) is 12.8 Å². The van der Waals surface area contributed by atoms with E-state index in [0.29, 0.717) is 28.5 Å². The molecule has 1 aromatic heterocycles. The van der Waals surface area contributed by atoms with E-state index in [1.807, 2.05) is 6.20 Å². The summed E-state index contributed by atoms with van der Waals surface area (Å²) in [4.78, 5) is 12.0.